The van der Waals surface area contributed by atoms with Crippen molar-refractivity contribution in [1.29, 1.82) is 0 Å². The van der Waals surface area contributed by atoms with Crippen LogP contribution in [0.15, 0.2) is 34.8 Å². The molecule has 0 radical (unpaired) electrons. The number of rotatable bonds is 3. The van der Waals surface area contributed by atoms with Crippen LogP contribution in [0.5, 0.6) is 0 Å². The number of allylic oxidation sites excluding steroid dienone is 1. The van der Waals surface area contributed by atoms with E-state index in [1.54, 1.807) is 11.0 Å². The van der Waals surface area contributed by atoms with Gasteiger partial charge in [-0.1, -0.05) is 5.57 Å². The van der Waals surface area contributed by atoms with Gasteiger partial charge < -0.3 is 14.8 Å². The van der Waals surface area contributed by atoms with Crippen molar-refractivity contribution in [2.24, 2.45) is 23.2 Å². The van der Waals surface area contributed by atoms with Crippen LogP contribution in [0.2, 0.25) is 0 Å². The molecule has 0 spiro atoms. The number of carbonyl (C=O) groups excluding carboxylic acids is 2. The third-order valence-electron chi connectivity index (χ3n) is 8.12. The molecule has 1 saturated heterocycles. The minimum absolute atomic E-state index is 0.0967. The van der Waals surface area contributed by atoms with Gasteiger partial charge in [0.15, 0.2) is 0 Å². The Kier molecular flexibility index (Phi) is 4.83. The van der Waals surface area contributed by atoms with Crippen LogP contribution in [0.1, 0.15) is 55.8 Å². The number of aromatic nitrogens is 1. The zero-order valence-corrected chi connectivity index (χ0v) is 17.7. The summed E-state index contributed by atoms with van der Waals surface area (Å²) in [4.78, 5) is 43.0. The lowest BCUT2D eigenvalue weighted by Crippen LogP contribution is -2.50. The van der Waals surface area contributed by atoms with E-state index in [0.29, 0.717) is 31.7 Å². The topological polar surface area (TPSA) is 73.5 Å². The minimum Gasteiger partial charge on any atom is -0.336 e. The molecule has 1 aromatic rings. The second-order valence-corrected chi connectivity index (χ2v) is 10.1. The Labute approximate surface area is 177 Å². The van der Waals surface area contributed by atoms with Gasteiger partial charge in [-0.2, -0.15) is 0 Å². The fourth-order valence-electron chi connectivity index (χ4n) is 6.88. The molecule has 4 bridgehead atoms. The highest BCUT2D eigenvalue weighted by Gasteiger charge is 2.51. The molecular weight excluding hydrogens is 378 g/mol. The number of pyridine rings is 1. The number of H-pyrrole nitrogens is 1. The van der Waals surface area contributed by atoms with Gasteiger partial charge in [0, 0.05) is 44.5 Å². The van der Waals surface area contributed by atoms with Crippen LogP contribution in [-0.2, 0) is 4.79 Å². The first-order valence-electron chi connectivity index (χ1n) is 11.4. The lowest BCUT2D eigenvalue weighted by molar-refractivity contribution is -0.127. The van der Waals surface area contributed by atoms with E-state index in [0.717, 1.165) is 17.8 Å². The normalized spacial score (nSPS) is 33.1. The van der Waals surface area contributed by atoms with Gasteiger partial charge in [-0.15, -0.1) is 0 Å². The van der Waals surface area contributed by atoms with E-state index in [9.17, 15) is 14.4 Å². The predicted molar refractivity (Wildman–Crippen MR) is 114 cm³/mol. The molecule has 160 valence electrons. The molecule has 2 heterocycles. The summed E-state index contributed by atoms with van der Waals surface area (Å²) in [6.07, 6.45) is 11.4. The number of hydrogen-bond donors (Lipinski definition) is 1. The highest BCUT2D eigenvalue weighted by Crippen LogP contribution is 2.62. The fraction of sp³-hybridized carbons (Fsp3) is 0.625. The SMILES string of the molecule is CC(=CC(=O)N1CCN(C(=O)c2ccc(=O)[nH]c2)CC1)C12CC3CC(CC(C3)C1)C2. The van der Waals surface area contributed by atoms with Crippen LogP contribution in [0.4, 0.5) is 0 Å². The summed E-state index contributed by atoms with van der Waals surface area (Å²) in [7, 11) is 0. The summed E-state index contributed by atoms with van der Waals surface area (Å²) < 4.78 is 0. The minimum atomic E-state index is -0.219. The van der Waals surface area contributed by atoms with Crippen molar-refractivity contribution in [3.05, 3.63) is 45.9 Å². The second-order valence-electron chi connectivity index (χ2n) is 10.1. The van der Waals surface area contributed by atoms with Crippen LogP contribution in [0.3, 0.4) is 0 Å². The molecule has 0 aromatic carbocycles. The molecule has 5 aliphatic rings. The highest BCUT2D eigenvalue weighted by molar-refractivity contribution is 5.94. The Morgan fingerprint density at radius 1 is 0.967 bits per heavy atom. The van der Waals surface area contributed by atoms with E-state index < -0.39 is 0 Å². The van der Waals surface area contributed by atoms with E-state index in [4.69, 9.17) is 0 Å². The number of carbonyl (C=O) groups is 2. The van der Waals surface area contributed by atoms with Crippen molar-refractivity contribution in [3.63, 3.8) is 0 Å². The van der Waals surface area contributed by atoms with Gasteiger partial charge in [-0.25, -0.2) is 0 Å². The van der Waals surface area contributed by atoms with Crippen LogP contribution >= 0.6 is 0 Å². The largest absolute Gasteiger partial charge is 0.336 e. The third-order valence-corrected chi connectivity index (χ3v) is 8.12. The van der Waals surface area contributed by atoms with E-state index in [1.165, 1.54) is 56.4 Å². The Bertz CT molecular complexity index is 883. The number of nitrogens with zero attached hydrogens (tertiary/aromatic N) is 2. The Morgan fingerprint density at radius 3 is 2.07 bits per heavy atom. The Hall–Kier alpha value is -2.37. The molecule has 1 aromatic heterocycles. The van der Waals surface area contributed by atoms with E-state index >= 15 is 0 Å². The van der Waals surface area contributed by atoms with Crippen LogP contribution < -0.4 is 5.56 Å². The van der Waals surface area contributed by atoms with Crippen LogP contribution in [0, 0.1) is 23.2 Å². The Morgan fingerprint density at radius 2 is 1.53 bits per heavy atom. The number of hydrogen-bond acceptors (Lipinski definition) is 3. The summed E-state index contributed by atoms with van der Waals surface area (Å²) in [6, 6.07) is 2.92. The number of nitrogens with one attached hydrogen (secondary N) is 1. The first-order valence-corrected chi connectivity index (χ1v) is 11.4. The zero-order valence-electron chi connectivity index (χ0n) is 17.7. The molecule has 4 aliphatic carbocycles. The summed E-state index contributed by atoms with van der Waals surface area (Å²) in [6.45, 7) is 4.33. The first kappa shape index (κ1) is 19.6. The van der Waals surface area contributed by atoms with Crippen molar-refractivity contribution in [2.75, 3.05) is 26.2 Å². The molecule has 4 saturated carbocycles. The molecular formula is C24H31N3O3. The second kappa shape index (κ2) is 7.40. The molecule has 2 amide bonds. The molecule has 30 heavy (non-hydrogen) atoms. The van der Waals surface area contributed by atoms with Gasteiger partial charge in [-0.05, 0) is 74.7 Å². The summed E-state index contributed by atoms with van der Waals surface area (Å²) >= 11 is 0. The molecule has 1 N–H and O–H groups in total. The smallest absolute Gasteiger partial charge is 0.255 e. The third kappa shape index (κ3) is 3.50. The average molecular weight is 410 g/mol. The average Bonchev–Trinajstić information content (AvgIpc) is 2.73. The standard InChI is InChI=1S/C24H31N3O3/c1-16(24-12-17-9-18(13-24)11-19(10-17)14-24)8-22(29)26-4-6-27(7-5-26)23(30)20-2-3-21(28)25-15-20/h2-3,8,15,17-19H,4-7,9-14H2,1H3,(H,25,28). The van der Waals surface area contributed by atoms with Crippen molar-refractivity contribution in [3.8, 4) is 0 Å². The van der Waals surface area contributed by atoms with Gasteiger partial charge >= 0.3 is 0 Å². The summed E-state index contributed by atoms with van der Waals surface area (Å²) in [5, 5.41) is 0. The quantitative estimate of drug-likeness (QED) is 0.780. The van der Waals surface area contributed by atoms with Crippen molar-refractivity contribution >= 4 is 11.8 Å². The Balaban J connectivity index is 1.21. The van der Waals surface area contributed by atoms with Gasteiger partial charge in [0.25, 0.3) is 5.91 Å². The van der Waals surface area contributed by atoms with Crippen molar-refractivity contribution < 1.29 is 9.59 Å². The van der Waals surface area contributed by atoms with E-state index in [-0.39, 0.29) is 22.8 Å². The molecule has 6 nitrogen and oxygen atoms in total. The zero-order chi connectivity index (χ0) is 20.9. The summed E-state index contributed by atoms with van der Waals surface area (Å²) in [5.41, 5.74) is 1.82. The molecule has 5 fully saturated rings. The maximum absolute atomic E-state index is 13.0. The van der Waals surface area contributed by atoms with Crippen LogP contribution in [0.25, 0.3) is 0 Å². The molecule has 0 unspecified atom stereocenters. The van der Waals surface area contributed by atoms with Gasteiger partial charge in [0.05, 0.1) is 5.56 Å². The summed E-state index contributed by atoms with van der Waals surface area (Å²) in [5.74, 6) is 2.62. The predicted octanol–water partition coefficient (Wildman–Crippen LogP) is 2.82. The fourth-order valence-corrected chi connectivity index (χ4v) is 6.88. The lowest BCUT2D eigenvalue weighted by atomic mass is 9.48. The molecule has 0 atom stereocenters. The van der Waals surface area contributed by atoms with Gasteiger partial charge in [0.1, 0.15) is 0 Å². The van der Waals surface area contributed by atoms with Gasteiger partial charge in [0.2, 0.25) is 11.5 Å². The molecule has 1 aliphatic heterocycles. The highest BCUT2D eigenvalue weighted by atomic mass is 16.2. The molecule has 6 heteroatoms. The monoisotopic (exact) mass is 409 g/mol. The maximum atomic E-state index is 13.0. The van der Waals surface area contributed by atoms with Crippen molar-refractivity contribution in [2.45, 2.75) is 45.4 Å². The first-order chi connectivity index (χ1) is 14.4. The van der Waals surface area contributed by atoms with Crippen LogP contribution in [-0.4, -0.2) is 52.8 Å². The van der Waals surface area contributed by atoms with E-state index in [1.807, 2.05) is 11.0 Å². The molecule has 6 rings (SSSR count). The maximum Gasteiger partial charge on any atom is 0.255 e. The van der Waals surface area contributed by atoms with Crippen molar-refractivity contribution in [1.82, 2.24) is 14.8 Å². The number of piperazine rings is 1. The lowest BCUT2D eigenvalue weighted by Gasteiger charge is -2.57. The van der Waals surface area contributed by atoms with Gasteiger partial charge in [-0.3, -0.25) is 14.4 Å². The number of aromatic amines is 1. The number of amides is 2. The van der Waals surface area contributed by atoms with E-state index in [2.05, 4.69) is 11.9 Å².